The zero-order chi connectivity index (χ0) is 14.1. The Morgan fingerprint density at radius 3 is 2.84 bits per heavy atom. The first-order chi connectivity index (χ1) is 9.17. The number of anilines is 1. The van der Waals surface area contributed by atoms with Crippen LogP contribution in [0.25, 0.3) is 0 Å². The summed E-state index contributed by atoms with van der Waals surface area (Å²) in [6.45, 7) is 3.40. The van der Waals surface area contributed by atoms with Crippen LogP contribution in [0.4, 0.5) is 5.69 Å². The number of para-hydroxylation sites is 2. The van der Waals surface area contributed by atoms with E-state index in [2.05, 4.69) is 5.32 Å². The summed E-state index contributed by atoms with van der Waals surface area (Å²) in [7, 11) is 1.63. The molecule has 0 aliphatic rings. The molecular weight excluding hydrogens is 244 g/mol. The van der Waals surface area contributed by atoms with E-state index in [1.807, 2.05) is 31.2 Å². The smallest absolute Gasteiger partial charge is 0.224 e. The van der Waals surface area contributed by atoms with Crippen LogP contribution in [0.1, 0.15) is 13.3 Å². The van der Waals surface area contributed by atoms with E-state index in [4.69, 9.17) is 15.2 Å². The van der Waals surface area contributed by atoms with Crippen LogP contribution in [0.5, 0.6) is 5.75 Å². The van der Waals surface area contributed by atoms with Gasteiger partial charge < -0.3 is 20.5 Å². The standard InChI is InChI=1S/C14H22N2O3/c1-11(10-18-2)9-14(17)16-12-5-3-4-6-13(12)19-8-7-15/h3-6,11H,7-10,15H2,1-2H3,(H,16,17). The molecule has 0 bridgehead atoms. The Bertz CT molecular complexity index is 396. The molecule has 0 spiro atoms. The second-order valence-electron chi connectivity index (χ2n) is 4.45. The highest BCUT2D eigenvalue weighted by molar-refractivity contribution is 5.92. The maximum absolute atomic E-state index is 11.9. The predicted molar refractivity (Wildman–Crippen MR) is 75.3 cm³/mol. The lowest BCUT2D eigenvalue weighted by Crippen LogP contribution is -2.18. The number of hydrogen-bond acceptors (Lipinski definition) is 4. The molecule has 1 rings (SSSR count). The number of ether oxygens (including phenoxy) is 2. The molecule has 0 aliphatic heterocycles. The van der Waals surface area contributed by atoms with Gasteiger partial charge in [-0.05, 0) is 18.1 Å². The van der Waals surface area contributed by atoms with E-state index >= 15 is 0 Å². The lowest BCUT2D eigenvalue weighted by molar-refractivity contribution is -0.117. The fourth-order valence-electron chi connectivity index (χ4n) is 1.73. The fourth-order valence-corrected chi connectivity index (χ4v) is 1.73. The van der Waals surface area contributed by atoms with Crippen molar-refractivity contribution in [1.29, 1.82) is 0 Å². The molecule has 5 nitrogen and oxygen atoms in total. The summed E-state index contributed by atoms with van der Waals surface area (Å²) in [6.07, 6.45) is 0.416. The number of rotatable bonds is 8. The summed E-state index contributed by atoms with van der Waals surface area (Å²) < 4.78 is 10.5. The van der Waals surface area contributed by atoms with Crippen molar-refractivity contribution < 1.29 is 14.3 Å². The molecular formula is C14H22N2O3. The van der Waals surface area contributed by atoms with E-state index in [-0.39, 0.29) is 11.8 Å². The number of methoxy groups -OCH3 is 1. The van der Waals surface area contributed by atoms with Gasteiger partial charge in [-0.3, -0.25) is 4.79 Å². The molecule has 1 atom stereocenters. The number of nitrogens with one attached hydrogen (secondary N) is 1. The minimum atomic E-state index is -0.0478. The molecule has 0 radical (unpaired) electrons. The number of carbonyl (C=O) groups is 1. The third kappa shape index (κ3) is 5.72. The molecule has 0 heterocycles. The number of nitrogens with two attached hydrogens (primary N) is 1. The lowest BCUT2D eigenvalue weighted by atomic mass is 10.1. The van der Waals surface area contributed by atoms with E-state index in [0.717, 1.165) is 0 Å². The van der Waals surface area contributed by atoms with E-state index in [0.29, 0.717) is 37.6 Å². The quantitative estimate of drug-likeness (QED) is 0.750. The average molecular weight is 266 g/mol. The molecule has 1 aromatic rings. The Morgan fingerprint density at radius 1 is 1.42 bits per heavy atom. The van der Waals surface area contributed by atoms with Crippen LogP contribution in [0.3, 0.4) is 0 Å². The first-order valence-corrected chi connectivity index (χ1v) is 6.38. The summed E-state index contributed by atoms with van der Waals surface area (Å²) in [6, 6.07) is 7.33. The predicted octanol–water partition coefficient (Wildman–Crippen LogP) is 1.64. The monoisotopic (exact) mass is 266 g/mol. The van der Waals surface area contributed by atoms with E-state index < -0.39 is 0 Å². The molecule has 0 saturated carbocycles. The summed E-state index contributed by atoms with van der Waals surface area (Å²) in [5.41, 5.74) is 6.07. The number of carbonyl (C=O) groups excluding carboxylic acids is 1. The highest BCUT2D eigenvalue weighted by Crippen LogP contribution is 2.24. The van der Waals surface area contributed by atoms with Gasteiger partial charge in [-0.2, -0.15) is 0 Å². The van der Waals surface area contributed by atoms with Gasteiger partial charge in [-0.25, -0.2) is 0 Å². The Labute approximate surface area is 114 Å². The largest absolute Gasteiger partial charge is 0.490 e. The highest BCUT2D eigenvalue weighted by Gasteiger charge is 2.11. The maximum atomic E-state index is 11.9. The minimum Gasteiger partial charge on any atom is -0.490 e. The molecule has 106 valence electrons. The molecule has 0 saturated heterocycles. The van der Waals surface area contributed by atoms with Gasteiger partial charge >= 0.3 is 0 Å². The third-order valence-corrected chi connectivity index (χ3v) is 2.52. The van der Waals surface area contributed by atoms with Crippen LogP contribution in [0.2, 0.25) is 0 Å². The van der Waals surface area contributed by atoms with E-state index in [1.54, 1.807) is 7.11 Å². The van der Waals surface area contributed by atoms with Gasteiger partial charge in [-0.15, -0.1) is 0 Å². The fraction of sp³-hybridized carbons (Fsp3) is 0.500. The van der Waals surface area contributed by atoms with Gasteiger partial charge in [-0.1, -0.05) is 19.1 Å². The van der Waals surface area contributed by atoms with Gasteiger partial charge in [0.25, 0.3) is 0 Å². The molecule has 1 aromatic carbocycles. The van der Waals surface area contributed by atoms with Crippen molar-refractivity contribution in [3.63, 3.8) is 0 Å². The number of amides is 1. The van der Waals surface area contributed by atoms with Crippen molar-refractivity contribution in [2.75, 3.05) is 32.2 Å². The second-order valence-corrected chi connectivity index (χ2v) is 4.45. The molecule has 19 heavy (non-hydrogen) atoms. The van der Waals surface area contributed by atoms with Crippen molar-refractivity contribution in [3.8, 4) is 5.75 Å². The Kier molecular flexibility index (Phi) is 6.92. The second kappa shape index (κ2) is 8.50. The van der Waals surface area contributed by atoms with Crippen LogP contribution in [-0.2, 0) is 9.53 Å². The van der Waals surface area contributed by atoms with Gasteiger partial charge in [0.2, 0.25) is 5.91 Å². The van der Waals surface area contributed by atoms with Crippen LogP contribution in [0.15, 0.2) is 24.3 Å². The van der Waals surface area contributed by atoms with Crippen LogP contribution in [-0.4, -0.2) is 32.8 Å². The molecule has 1 unspecified atom stereocenters. The first-order valence-electron chi connectivity index (χ1n) is 6.38. The van der Waals surface area contributed by atoms with Crippen LogP contribution < -0.4 is 15.8 Å². The first kappa shape index (κ1) is 15.5. The Morgan fingerprint density at radius 2 is 2.16 bits per heavy atom. The zero-order valence-electron chi connectivity index (χ0n) is 11.5. The van der Waals surface area contributed by atoms with Gasteiger partial charge in [0.15, 0.2) is 0 Å². The minimum absolute atomic E-state index is 0.0478. The summed E-state index contributed by atoms with van der Waals surface area (Å²) in [4.78, 5) is 11.9. The number of hydrogen-bond donors (Lipinski definition) is 2. The van der Waals surface area contributed by atoms with Crippen molar-refractivity contribution in [3.05, 3.63) is 24.3 Å². The molecule has 1 amide bonds. The average Bonchev–Trinajstić information content (AvgIpc) is 2.37. The zero-order valence-corrected chi connectivity index (χ0v) is 11.5. The van der Waals surface area contributed by atoms with Crippen molar-refractivity contribution in [2.45, 2.75) is 13.3 Å². The molecule has 5 heteroatoms. The van der Waals surface area contributed by atoms with Crippen molar-refractivity contribution >= 4 is 11.6 Å². The van der Waals surface area contributed by atoms with Crippen molar-refractivity contribution in [2.24, 2.45) is 11.7 Å². The van der Waals surface area contributed by atoms with Gasteiger partial charge in [0.1, 0.15) is 12.4 Å². The molecule has 3 N–H and O–H groups in total. The topological polar surface area (TPSA) is 73.6 Å². The molecule has 0 aromatic heterocycles. The van der Waals surface area contributed by atoms with E-state index in [1.165, 1.54) is 0 Å². The summed E-state index contributed by atoms with van der Waals surface area (Å²) in [5, 5.41) is 2.85. The lowest BCUT2D eigenvalue weighted by Gasteiger charge is -2.13. The maximum Gasteiger partial charge on any atom is 0.224 e. The number of benzene rings is 1. The highest BCUT2D eigenvalue weighted by atomic mass is 16.5. The Balaban J connectivity index is 2.58. The summed E-state index contributed by atoms with van der Waals surface area (Å²) >= 11 is 0. The third-order valence-electron chi connectivity index (χ3n) is 2.52. The van der Waals surface area contributed by atoms with Crippen LogP contribution >= 0.6 is 0 Å². The molecule has 0 aliphatic carbocycles. The summed E-state index contributed by atoms with van der Waals surface area (Å²) in [5.74, 6) is 0.774. The van der Waals surface area contributed by atoms with Gasteiger partial charge in [0, 0.05) is 26.7 Å². The van der Waals surface area contributed by atoms with Crippen LogP contribution in [0, 0.1) is 5.92 Å². The van der Waals surface area contributed by atoms with Gasteiger partial charge in [0.05, 0.1) is 5.69 Å². The van der Waals surface area contributed by atoms with E-state index in [9.17, 15) is 4.79 Å². The van der Waals surface area contributed by atoms with Crippen molar-refractivity contribution in [1.82, 2.24) is 0 Å². The Hall–Kier alpha value is -1.59. The SMILES string of the molecule is COCC(C)CC(=O)Nc1ccccc1OCCN. The molecule has 0 fully saturated rings. The normalized spacial score (nSPS) is 11.9.